The number of rotatable bonds is 1. The summed E-state index contributed by atoms with van der Waals surface area (Å²) >= 11 is 0. The van der Waals surface area contributed by atoms with E-state index in [-0.39, 0.29) is 34.8 Å². The third kappa shape index (κ3) is 2.72. The molecule has 4 rings (SSSR count). The summed E-state index contributed by atoms with van der Waals surface area (Å²) in [5, 5.41) is 11.6. The van der Waals surface area contributed by atoms with E-state index >= 15 is 0 Å². The average Bonchev–Trinajstić information content (AvgIpc) is 3.32. The molecule has 1 aliphatic heterocycles. The number of Topliss-reactive ketones (excluding diaryl/α,β-unsaturated/α-hetero) is 1. The standard InChI is InChI=1S/C22H32O5/c1-11-9-15-14(20(15,4)5)7-8-21(6)19(27-21)16-17(26-13(3)23)12(2)10-22(16,25)18(11)24/h9,12,14-17,19,25H,7-8,10H2,1-6H3/t12-,14-,15+,16+,17-,19+,21+,22+/m0/s1. The molecular formula is C22H32O5. The van der Waals surface area contributed by atoms with Crippen LogP contribution in [-0.4, -0.2) is 40.3 Å². The van der Waals surface area contributed by atoms with Crippen molar-refractivity contribution < 1.29 is 24.2 Å². The van der Waals surface area contributed by atoms with Gasteiger partial charge in [-0.15, -0.1) is 0 Å². The molecule has 0 unspecified atom stereocenters. The lowest BCUT2D eigenvalue weighted by molar-refractivity contribution is -0.156. The first-order chi connectivity index (χ1) is 12.4. The van der Waals surface area contributed by atoms with Gasteiger partial charge in [0.05, 0.1) is 17.6 Å². The van der Waals surface area contributed by atoms with Crippen LogP contribution in [0.2, 0.25) is 0 Å². The lowest BCUT2D eigenvalue weighted by Crippen LogP contribution is -2.49. The second-order valence-electron chi connectivity index (χ2n) is 10.2. The van der Waals surface area contributed by atoms with E-state index in [1.54, 1.807) is 0 Å². The fourth-order valence-electron chi connectivity index (χ4n) is 6.12. The van der Waals surface area contributed by atoms with Crippen LogP contribution in [-0.2, 0) is 19.1 Å². The number of esters is 1. The lowest BCUT2D eigenvalue weighted by Gasteiger charge is -2.31. The number of ether oxygens (including phenoxy) is 2. The highest BCUT2D eigenvalue weighted by Gasteiger charge is 2.70. The summed E-state index contributed by atoms with van der Waals surface area (Å²) in [6.45, 7) is 11.7. The predicted octanol–water partition coefficient (Wildman–Crippen LogP) is 3.04. The number of hydrogen-bond donors (Lipinski definition) is 1. The molecule has 0 aromatic heterocycles. The third-order valence-electron chi connectivity index (χ3n) is 7.94. The Kier molecular flexibility index (Phi) is 4.01. The zero-order chi connectivity index (χ0) is 19.9. The van der Waals surface area contributed by atoms with E-state index in [1.165, 1.54) is 6.92 Å². The van der Waals surface area contributed by atoms with Crippen molar-refractivity contribution in [2.45, 2.75) is 84.2 Å². The van der Waals surface area contributed by atoms with Gasteiger partial charge in [0.25, 0.3) is 0 Å². The molecule has 5 heteroatoms. The molecule has 27 heavy (non-hydrogen) atoms. The summed E-state index contributed by atoms with van der Waals surface area (Å²) in [5.74, 6) is -0.310. The summed E-state index contributed by atoms with van der Waals surface area (Å²) in [6.07, 6.45) is 3.56. The first-order valence-electron chi connectivity index (χ1n) is 10.2. The minimum atomic E-state index is -1.54. The molecule has 8 atom stereocenters. The van der Waals surface area contributed by atoms with Gasteiger partial charge in [0.1, 0.15) is 11.7 Å². The predicted molar refractivity (Wildman–Crippen MR) is 99.8 cm³/mol. The Bertz CT molecular complexity index is 724. The first-order valence-corrected chi connectivity index (χ1v) is 10.2. The summed E-state index contributed by atoms with van der Waals surface area (Å²) in [4.78, 5) is 25.1. The smallest absolute Gasteiger partial charge is 0.302 e. The van der Waals surface area contributed by atoms with Crippen molar-refractivity contribution in [1.82, 2.24) is 0 Å². The normalized spacial score (nSPS) is 50.5. The van der Waals surface area contributed by atoms with E-state index in [2.05, 4.69) is 26.8 Å². The quantitative estimate of drug-likeness (QED) is 0.562. The minimum absolute atomic E-state index is 0.0952. The van der Waals surface area contributed by atoms with E-state index in [9.17, 15) is 14.7 Å². The molecule has 4 aliphatic rings. The van der Waals surface area contributed by atoms with Gasteiger partial charge in [-0.2, -0.15) is 0 Å². The lowest BCUT2D eigenvalue weighted by atomic mass is 9.77. The van der Waals surface area contributed by atoms with Gasteiger partial charge < -0.3 is 14.6 Å². The highest BCUT2D eigenvalue weighted by molar-refractivity contribution is 6.02. The molecule has 0 aromatic carbocycles. The largest absolute Gasteiger partial charge is 0.462 e. The van der Waals surface area contributed by atoms with E-state index in [0.29, 0.717) is 23.8 Å². The van der Waals surface area contributed by atoms with E-state index < -0.39 is 17.6 Å². The van der Waals surface area contributed by atoms with E-state index in [0.717, 1.165) is 12.8 Å². The van der Waals surface area contributed by atoms with Crippen LogP contribution in [0, 0.1) is 29.1 Å². The Labute approximate surface area is 161 Å². The van der Waals surface area contributed by atoms with Crippen molar-refractivity contribution in [3.63, 3.8) is 0 Å². The molecule has 1 heterocycles. The SMILES string of the molecule is CC(=O)O[C@@H]1[C@@H]2[C@H]3O[C@]3(C)CC[C@H]3[C@@H](C=C(C)C(=O)[C@@]2(O)C[C@@H]1C)C3(C)C. The zero-order valence-electron chi connectivity index (χ0n) is 17.2. The number of fused-ring (bicyclic) bond motifs is 4. The fraction of sp³-hybridized carbons (Fsp3) is 0.818. The van der Waals surface area contributed by atoms with Crippen LogP contribution >= 0.6 is 0 Å². The Hall–Kier alpha value is -1.20. The molecule has 0 bridgehead atoms. The van der Waals surface area contributed by atoms with Crippen LogP contribution in [0.5, 0.6) is 0 Å². The number of allylic oxidation sites excluding steroid dienone is 1. The molecule has 3 fully saturated rings. The first kappa shape index (κ1) is 19.1. The fourth-order valence-corrected chi connectivity index (χ4v) is 6.12. The maximum absolute atomic E-state index is 13.4. The van der Waals surface area contributed by atoms with Crippen molar-refractivity contribution in [2.75, 3.05) is 0 Å². The summed E-state index contributed by atoms with van der Waals surface area (Å²) in [6, 6.07) is 0. The maximum atomic E-state index is 13.4. The summed E-state index contributed by atoms with van der Waals surface area (Å²) in [7, 11) is 0. The number of aliphatic hydroxyl groups is 1. The minimum Gasteiger partial charge on any atom is -0.462 e. The van der Waals surface area contributed by atoms with Crippen LogP contribution < -0.4 is 0 Å². The molecule has 0 amide bonds. The Morgan fingerprint density at radius 3 is 2.63 bits per heavy atom. The second-order valence-corrected chi connectivity index (χ2v) is 10.2. The molecule has 150 valence electrons. The molecule has 0 radical (unpaired) electrons. The van der Waals surface area contributed by atoms with Crippen LogP contribution in [0.1, 0.15) is 60.8 Å². The monoisotopic (exact) mass is 376 g/mol. The summed E-state index contributed by atoms with van der Waals surface area (Å²) in [5.41, 5.74) is -1.08. The van der Waals surface area contributed by atoms with Crippen LogP contribution in [0.25, 0.3) is 0 Å². The van der Waals surface area contributed by atoms with E-state index in [4.69, 9.17) is 9.47 Å². The van der Waals surface area contributed by atoms with Crippen LogP contribution in [0.4, 0.5) is 0 Å². The van der Waals surface area contributed by atoms with Crippen molar-refractivity contribution >= 4 is 11.8 Å². The molecule has 1 N–H and O–H groups in total. The maximum Gasteiger partial charge on any atom is 0.302 e. The van der Waals surface area contributed by atoms with Gasteiger partial charge in [-0.3, -0.25) is 9.59 Å². The zero-order valence-corrected chi connectivity index (χ0v) is 17.2. The van der Waals surface area contributed by atoms with Crippen LogP contribution in [0.3, 0.4) is 0 Å². The van der Waals surface area contributed by atoms with Crippen LogP contribution in [0.15, 0.2) is 11.6 Å². The average molecular weight is 376 g/mol. The van der Waals surface area contributed by atoms with Gasteiger partial charge in [0.15, 0.2) is 5.78 Å². The highest BCUT2D eigenvalue weighted by atomic mass is 16.6. The molecule has 0 spiro atoms. The Morgan fingerprint density at radius 2 is 2.00 bits per heavy atom. The number of carbonyl (C=O) groups excluding carboxylic acids is 2. The van der Waals surface area contributed by atoms with Gasteiger partial charge in [0, 0.05) is 6.92 Å². The Balaban J connectivity index is 1.75. The van der Waals surface area contributed by atoms with Gasteiger partial charge >= 0.3 is 5.97 Å². The molecule has 0 aromatic rings. The number of carbonyl (C=O) groups is 2. The van der Waals surface area contributed by atoms with Crippen molar-refractivity contribution in [1.29, 1.82) is 0 Å². The third-order valence-corrected chi connectivity index (χ3v) is 7.94. The molecule has 1 saturated heterocycles. The van der Waals surface area contributed by atoms with Gasteiger partial charge in [-0.1, -0.05) is 26.8 Å². The highest BCUT2D eigenvalue weighted by Crippen LogP contribution is 2.64. The van der Waals surface area contributed by atoms with Crippen molar-refractivity contribution in [3.8, 4) is 0 Å². The summed E-state index contributed by atoms with van der Waals surface area (Å²) < 4.78 is 11.7. The van der Waals surface area contributed by atoms with Crippen molar-refractivity contribution in [3.05, 3.63) is 11.6 Å². The van der Waals surface area contributed by atoms with Gasteiger partial charge in [-0.05, 0) is 61.9 Å². The Morgan fingerprint density at radius 1 is 1.33 bits per heavy atom. The number of hydrogen-bond acceptors (Lipinski definition) is 5. The van der Waals surface area contributed by atoms with Gasteiger partial charge in [-0.25, -0.2) is 0 Å². The topological polar surface area (TPSA) is 76.1 Å². The molecule has 3 aliphatic carbocycles. The second kappa shape index (κ2) is 5.66. The molecule has 5 nitrogen and oxygen atoms in total. The number of epoxide rings is 1. The van der Waals surface area contributed by atoms with E-state index in [1.807, 2.05) is 13.8 Å². The molecular weight excluding hydrogens is 344 g/mol. The van der Waals surface area contributed by atoms with Gasteiger partial charge in [0.2, 0.25) is 0 Å². The van der Waals surface area contributed by atoms with Crippen molar-refractivity contribution in [2.24, 2.45) is 29.1 Å². The number of ketones is 1. The molecule has 2 saturated carbocycles.